The Hall–Kier alpha value is -3.13. The summed E-state index contributed by atoms with van der Waals surface area (Å²) in [7, 11) is 3.16. The molecule has 0 aliphatic carbocycles. The van der Waals surface area contributed by atoms with Gasteiger partial charge in [0, 0.05) is 36.9 Å². The van der Waals surface area contributed by atoms with Gasteiger partial charge in [-0.2, -0.15) is 0 Å². The van der Waals surface area contributed by atoms with Gasteiger partial charge in [0.2, 0.25) is 5.91 Å². The molecular formula is C24H32N2O6. The Balaban J connectivity index is 1.85. The molecule has 0 bridgehead atoms. The minimum absolute atomic E-state index is 0.147. The van der Waals surface area contributed by atoms with Crippen LogP contribution in [-0.4, -0.2) is 59.6 Å². The Morgan fingerprint density at radius 1 is 0.969 bits per heavy atom. The third kappa shape index (κ3) is 5.76. The quantitative estimate of drug-likeness (QED) is 0.601. The van der Waals surface area contributed by atoms with E-state index in [-0.39, 0.29) is 12.3 Å². The Morgan fingerprint density at radius 3 is 2.34 bits per heavy atom. The molecule has 1 N–H and O–H groups in total. The van der Waals surface area contributed by atoms with Crippen LogP contribution >= 0.6 is 0 Å². The number of morpholine rings is 1. The average Bonchev–Trinajstić information content (AvgIpc) is 2.81. The molecule has 2 aromatic rings. The molecule has 8 heteroatoms. The van der Waals surface area contributed by atoms with Crippen molar-refractivity contribution >= 4 is 17.3 Å². The van der Waals surface area contributed by atoms with E-state index in [0.717, 1.165) is 24.3 Å². The van der Waals surface area contributed by atoms with Crippen LogP contribution in [0.2, 0.25) is 0 Å². The Kier molecular flexibility index (Phi) is 8.44. The van der Waals surface area contributed by atoms with Crippen LogP contribution in [0.5, 0.6) is 23.0 Å². The monoisotopic (exact) mass is 444 g/mol. The normalized spacial score (nSPS) is 13.4. The molecule has 1 heterocycles. The van der Waals surface area contributed by atoms with Crippen molar-refractivity contribution in [1.82, 2.24) is 0 Å². The summed E-state index contributed by atoms with van der Waals surface area (Å²) in [6.07, 6.45) is 0.147. The number of rotatable bonds is 10. The van der Waals surface area contributed by atoms with E-state index in [1.807, 2.05) is 32.0 Å². The van der Waals surface area contributed by atoms with Crippen molar-refractivity contribution in [2.45, 2.75) is 20.3 Å². The second-order valence-electron chi connectivity index (χ2n) is 7.18. The molecule has 1 amide bonds. The third-order valence-electron chi connectivity index (χ3n) is 5.13. The highest BCUT2D eigenvalue weighted by Crippen LogP contribution is 2.39. The van der Waals surface area contributed by atoms with Crippen LogP contribution in [-0.2, 0) is 16.0 Å². The first kappa shape index (κ1) is 23.5. The van der Waals surface area contributed by atoms with Gasteiger partial charge in [0.15, 0.2) is 0 Å². The standard InChI is InChI=1S/C24H32N2O6/c1-5-31-22-16-20(26-9-11-30-12-10-26)23(32-6-2)15-19(22)25-24(27)13-17-7-8-18(28-3)14-21(17)29-4/h7-8,14-16H,5-6,9-13H2,1-4H3,(H,25,27). The first-order valence-corrected chi connectivity index (χ1v) is 10.9. The maximum absolute atomic E-state index is 12.9. The molecule has 174 valence electrons. The predicted octanol–water partition coefficient (Wildman–Crippen LogP) is 3.52. The van der Waals surface area contributed by atoms with E-state index in [1.165, 1.54) is 0 Å². The lowest BCUT2D eigenvalue weighted by Gasteiger charge is -2.31. The van der Waals surface area contributed by atoms with E-state index in [2.05, 4.69) is 10.2 Å². The number of hydrogen-bond acceptors (Lipinski definition) is 7. The molecule has 0 unspecified atom stereocenters. The van der Waals surface area contributed by atoms with Crippen molar-refractivity contribution in [3.8, 4) is 23.0 Å². The molecule has 1 saturated heterocycles. The summed E-state index contributed by atoms with van der Waals surface area (Å²) in [6.45, 7) is 7.72. The minimum Gasteiger partial charge on any atom is -0.497 e. The van der Waals surface area contributed by atoms with Crippen LogP contribution in [0.4, 0.5) is 11.4 Å². The van der Waals surface area contributed by atoms with Crippen molar-refractivity contribution in [3.63, 3.8) is 0 Å². The molecule has 1 fully saturated rings. The molecular weight excluding hydrogens is 412 g/mol. The number of anilines is 2. The Labute approximate surface area is 189 Å². The number of amides is 1. The lowest BCUT2D eigenvalue weighted by Crippen LogP contribution is -2.36. The van der Waals surface area contributed by atoms with E-state index >= 15 is 0 Å². The van der Waals surface area contributed by atoms with E-state index in [4.69, 9.17) is 23.7 Å². The van der Waals surface area contributed by atoms with Crippen LogP contribution in [0.1, 0.15) is 19.4 Å². The van der Waals surface area contributed by atoms with Crippen LogP contribution in [0, 0.1) is 0 Å². The van der Waals surface area contributed by atoms with Crippen LogP contribution in [0.25, 0.3) is 0 Å². The molecule has 3 rings (SSSR count). The summed E-state index contributed by atoms with van der Waals surface area (Å²) in [5.74, 6) is 2.39. The number of carbonyl (C=O) groups excluding carboxylic acids is 1. The lowest BCUT2D eigenvalue weighted by atomic mass is 10.1. The smallest absolute Gasteiger partial charge is 0.229 e. The van der Waals surface area contributed by atoms with Gasteiger partial charge >= 0.3 is 0 Å². The number of carbonyl (C=O) groups is 1. The van der Waals surface area contributed by atoms with Gasteiger partial charge < -0.3 is 33.9 Å². The highest BCUT2D eigenvalue weighted by Gasteiger charge is 2.21. The maximum atomic E-state index is 12.9. The summed E-state index contributed by atoms with van der Waals surface area (Å²) in [6, 6.07) is 9.17. The zero-order valence-electron chi connectivity index (χ0n) is 19.2. The van der Waals surface area contributed by atoms with Gasteiger partial charge in [0.05, 0.1) is 58.4 Å². The molecule has 0 spiro atoms. The summed E-state index contributed by atoms with van der Waals surface area (Å²) in [5.41, 5.74) is 2.27. The molecule has 0 radical (unpaired) electrons. The van der Waals surface area contributed by atoms with Crippen LogP contribution in [0.3, 0.4) is 0 Å². The summed E-state index contributed by atoms with van der Waals surface area (Å²) in [4.78, 5) is 15.1. The van der Waals surface area contributed by atoms with Crippen molar-refractivity contribution in [1.29, 1.82) is 0 Å². The van der Waals surface area contributed by atoms with E-state index < -0.39 is 0 Å². The predicted molar refractivity (Wildman–Crippen MR) is 124 cm³/mol. The molecule has 1 aliphatic heterocycles. The van der Waals surface area contributed by atoms with E-state index in [1.54, 1.807) is 26.4 Å². The van der Waals surface area contributed by atoms with Gasteiger partial charge in [-0.15, -0.1) is 0 Å². The number of hydrogen-bond donors (Lipinski definition) is 1. The van der Waals surface area contributed by atoms with Gasteiger partial charge in [-0.05, 0) is 19.9 Å². The molecule has 8 nitrogen and oxygen atoms in total. The summed E-state index contributed by atoms with van der Waals surface area (Å²) < 4.78 is 27.9. The fourth-order valence-electron chi connectivity index (χ4n) is 3.61. The number of methoxy groups -OCH3 is 2. The van der Waals surface area contributed by atoms with E-state index in [9.17, 15) is 4.79 Å². The van der Waals surface area contributed by atoms with Crippen molar-refractivity contribution in [2.24, 2.45) is 0 Å². The summed E-state index contributed by atoms with van der Waals surface area (Å²) >= 11 is 0. The fraction of sp³-hybridized carbons (Fsp3) is 0.458. The number of benzene rings is 2. The second kappa shape index (κ2) is 11.5. The van der Waals surface area contributed by atoms with Gasteiger partial charge in [0.25, 0.3) is 0 Å². The number of ether oxygens (including phenoxy) is 5. The van der Waals surface area contributed by atoms with Crippen LogP contribution in [0.15, 0.2) is 30.3 Å². The first-order chi connectivity index (χ1) is 15.6. The molecule has 2 aromatic carbocycles. The van der Waals surface area contributed by atoms with Crippen molar-refractivity contribution in [2.75, 3.05) is 64.0 Å². The largest absolute Gasteiger partial charge is 0.497 e. The molecule has 1 aliphatic rings. The third-order valence-corrected chi connectivity index (χ3v) is 5.13. The van der Waals surface area contributed by atoms with Gasteiger partial charge in [-0.25, -0.2) is 0 Å². The van der Waals surface area contributed by atoms with Crippen molar-refractivity contribution in [3.05, 3.63) is 35.9 Å². The Bertz CT molecular complexity index is 912. The van der Waals surface area contributed by atoms with Gasteiger partial charge in [-0.3, -0.25) is 4.79 Å². The Morgan fingerprint density at radius 2 is 1.69 bits per heavy atom. The molecule has 0 aromatic heterocycles. The topological polar surface area (TPSA) is 78.5 Å². The highest BCUT2D eigenvalue weighted by atomic mass is 16.5. The second-order valence-corrected chi connectivity index (χ2v) is 7.18. The van der Waals surface area contributed by atoms with Crippen molar-refractivity contribution < 1.29 is 28.5 Å². The zero-order valence-corrected chi connectivity index (χ0v) is 19.2. The van der Waals surface area contributed by atoms with E-state index in [0.29, 0.717) is 55.1 Å². The van der Waals surface area contributed by atoms with Gasteiger partial charge in [0.1, 0.15) is 23.0 Å². The van der Waals surface area contributed by atoms with Crippen LogP contribution < -0.4 is 29.2 Å². The SMILES string of the molecule is CCOc1cc(N2CCOCC2)c(OCC)cc1NC(=O)Cc1ccc(OC)cc1OC. The number of nitrogens with zero attached hydrogens (tertiary/aromatic N) is 1. The number of nitrogens with one attached hydrogen (secondary N) is 1. The maximum Gasteiger partial charge on any atom is 0.229 e. The zero-order chi connectivity index (χ0) is 22.9. The average molecular weight is 445 g/mol. The molecule has 32 heavy (non-hydrogen) atoms. The minimum atomic E-state index is -0.184. The molecule has 0 atom stereocenters. The first-order valence-electron chi connectivity index (χ1n) is 10.9. The highest BCUT2D eigenvalue weighted by molar-refractivity contribution is 5.95. The lowest BCUT2D eigenvalue weighted by molar-refractivity contribution is -0.115. The molecule has 0 saturated carbocycles. The summed E-state index contributed by atoms with van der Waals surface area (Å²) in [5, 5.41) is 2.98. The van der Waals surface area contributed by atoms with Gasteiger partial charge in [-0.1, -0.05) is 6.07 Å². The fourth-order valence-corrected chi connectivity index (χ4v) is 3.61.